The molecule has 0 saturated heterocycles. The molecule has 0 fully saturated rings. The Morgan fingerprint density at radius 3 is 2.56 bits per heavy atom. The number of hydrogen-bond donors (Lipinski definition) is 0. The van der Waals surface area contributed by atoms with Crippen molar-refractivity contribution in [1.29, 1.82) is 0 Å². The second-order valence-corrected chi connectivity index (χ2v) is 4.35. The van der Waals surface area contributed by atoms with E-state index in [1.54, 1.807) is 12.1 Å². The summed E-state index contributed by atoms with van der Waals surface area (Å²) in [6.45, 7) is 1.20. The molecule has 0 spiro atoms. The first-order valence-electron chi connectivity index (χ1n) is 4.90. The van der Waals surface area contributed by atoms with Crippen LogP contribution in [0.2, 0.25) is 5.02 Å². The van der Waals surface area contributed by atoms with Gasteiger partial charge in [-0.2, -0.15) is 0 Å². The number of Topliss-reactive ketones (excluding diaryl/α,β-unsaturated/α-hetero) is 1. The molecule has 1 aromatic carbocycles. The number of ketones is 1. The van der Waals surface area contributed by atoms with E-state index in [2.05, 4.69) is 15.9 Å². The maximum Gasteiger partial charge on any atom is 0.175 e. The van der Waals surface area contributed by atoms with Gasteiger partial charge < -0.3 is 9.47 Å². The Bertz CT molecular complexity index is 420. The molecular formula is C11H10BrClO3. The minimum absolute atomic E-state index is 0.0688. The lowest BCUT2D eigenvalue weighted by Crippen LogP contribution is -2.02. The molecule has 1 aliphatic rings. The molecule has 0 N–H and O–H groups in total. The van der Waals surface area contributed by atoms with E-state index in [-0.39, 0.29) is 11.1 Å². The van der Waals surface area contributed by atoms with Gasteiger partial charge in [0.15, 0.2) is 17.3 Å². The smallest absolute Gasteiger partial charge is 0.175 e. The van der Waals surface area contributed by atoms with Crippen LogP contribution in [0.3, 0.4) is 0 Å². The first kappa shape index (κ1) is 11.7. The minimum Gasteiger partial charge on any atom is -0.490 e. The minimum atomic E-state index is -0.0688. The monoisotopic (exact) mass is 304 g/mol. The highest BCUT2D eigenvalue weighted by Gasteiger charge is 2.17. The van der Waals surface area contributed by atoms with Gasteiger partial charge in [0.1, 0.15) is 0 Å². The number of halogens is 2. The maximum absolute atomic E-state index is 11.6. The highest BCUT2D eigenvalue weighted by atomic mass is 79.9. The summed E-state index contributed by atoms with van der Waals surface area (Å²) in [5.41, 5.74) is 0.461. The number of benzene rings is 1. The van der Waals surface area contributed by atoms with Gasteiger partial charge in [0.2, 0.25) is 0 Å². The van der Waals surface area contributed by atoms with E-state index in [9.17, 15) is 4.79 Å². The topological polar surface area (TPSA) is 35.5 Å². The van der Waals surface area contributed by atoms with Gasteiger partial charge in [0, 0.05) is 18.1 Å². The summed E-state index contributed by atoms with van der Waals surface area (Å²) in [5.74, 6) is 1.13. The molecule has 0 saturated carbocycles. The zero-order chi connectivity index (χ0) is 11.5. The maximum atomic E-state index is 11.6. The summed E-state index contributed by atoms with van der Waals surface area (Å²) in [7, 11) is 0. The Balaban J connectivity index is 2.42. The van der Waals surface area contributed by atoms with Crippen molar-refractivity contribution in [3.63, 3.8) is 0 Å². The van der Waals surface area contributed by atoms with E-state index in [1.807, 2.05) is 0 Å². The van der Waals surface area contributed by atoms with Crippen molar-refractivity contribution in [2.45, 2.75) is 6.42 Å². The average molecular weight is 306 g/mol. The lowest BCUT2D eigenvalue weighted by Gasteiger charge is -2.10. The van der Waals surface area contributed by atoms with Crippen molar-refractivity contribution in [3.8, 4) is 11.5 Å². The van der Waals surface area contributed by atoms with Crippen LogP contribution in [0.1, 0.15) is 16.8 Å². The third kappa shape index (κ3) is 2.33. The zero-order valence-electron chi connectivity index (χ0n) is 8.46. The summed E-state index contributed by atoms with van der Waals surface area (Å²) < 4.78 is 11.0. The van der Waals surface area contributed by atoms with Gasteiger partial charge in [0.25, 0.3) is 0 Å². The van der Waals surface area contributed by atoms with Gasteiger partial charge in [-0.05, 0) is 6.07 Å². The number of carbonyl (C=O) groups excluding carboxylic acids is 1. The number of hydrogen-bond acceptors (Lipinski definition) is 3. The van der Waals surface area contributed by atoms with Gasteiger partial charge >= 0.3 is 0 Å². The van der Waals surface area contributed by atoms with E-state index in [0.717, 1.165) is 6.42 Å². The van der Waals surface area contributed by atoms with Crippen LogP contribution in [0.5, 0.6) is 11.5 Å². The SMILES string of the molecule is O=C(CBr)c1cc2c(cc1Cl)OCCCO2. The zero-order valence-corrected chi connectivity index (χ0v) is 10.8. The van der Waals surface area contributed by atoms with Crippen molar-refractivity contribution in [2.75, 3.05) is 18.5 Å². The molecule has 0 amide bonds. The summed E-state index contributed by atoms with van der Waals surface area (Å²) in [6, 6.07) is 3.28. The molecular weight excluding hydrogens is 295 g/mol. The number of fused-ring (bicyclic) bond motifs is 1. The van der Waals surface area contributed by atoms with Gasteiger partial charge in [-0.15, -0.1) is 0 Å². The summed E-state index contributed by atoms with van der Waals surface area (Å²) >= 11 is 9.13. The summed E-state index contributed by atoms with van der Waals surface area (Å²) in [5, 5.41) is 0.639. The summed E-state index contributed by atoms with van der Waals surface area (Å²) in [4.78, 5) is 11.6. The molecule has 0 unspecified atom stereocenters. The molecule has 1 aliphatic heterocycles. The van der Waals surface area contributed by atoms with Gasteiger partial charge in [-0.1, -0.05) is 27.5 Å². The van der Waals surface area contributed by atoms with Crippen molar-refractivity contribution in [1.82, 2.24) is 0 Å². The van der Waals surface area contributed by atoms with Crippen LogP contribution in [0, 0.1) is 0 Å². The molecule has 5 heteroatoms. The Hall–Kier alpha value is -0.740. The van der Waals surface area contributed by atoms with E-state index in [4.69, 9.17) is 21.1 Å². The fourth-order valence-corrected chi connectivity index (χ4v) is 2.03. The Morgan fingerprint density at radius 1 is 1.31 bits per heavy atom. The molecule has 2 rings (SSSR count). The molecule has 1 heterocycles. The quantitative estimate of drug-likeness (QED) is 0.622. The largest absolute Gasteiger partial charge is 0.490 e. The second kappa shape index (κ2) is 5.06. The first-order chi connectivity index (χ1) is 7.72. The van der Waals surface area contributed by atoms with Crippen LogP contribution in [-0.2, 0) is 0 Å². The predicted molar refractivity (Wildman–Crippen MR) is 65.2 cm³/mol. The third-order valence-corrected chi connectivity index (χ3v) is 3.08. The van der Waals surface area contributed by atoms with Crippen LogP contribution in [0.15, 0.2) is 12.1 Å². The molecule has 0 atom stereocenters. The first-order valence-corrected chi connectivity index (χ1v) is 6.40. The normalized spacial score (nSPS) is 14.4. The lowest BCUT2D eigenvalue weighted by molar-refractivity contribution is 0.102. The third-order valence-electron chi connectivity index (χ3n) is 2.26. The molecule has 1 aromatic rings. The highest BCUT2D eigenvalue weighted by Crippen LogP contribution is 2.35. The number of alkyl halides is 1. The van der Waals surface area contributed by atoms with E-state index in [0.29, 0.717) is 35.3 Å². The fraction of sp³-hybridized carbons (Fsp3) is 0.364. The van der Waals surface area contributed by atoms with E-state index >= 15 is 0 Å². The molecule has 0 bridgehead atoms. The number of carbonyl (C=O) groups is 1. The summed E-state index contributed by atoms with van der Waals surface area (Å²) in [6.07, 6.45) is 0.827. The van der Waals surface area contributed by atoms with Crippen molar-refractivity contribution in [2.24, 2.45) is 0 Å². The van der Waals surface area contributed by atoms with Gasteiger partial charge in [0.05, 0.1) is 23.6 Å². The highest BCUT2D eigenvalue weighted by molar-refractivity contribution is 9.09. The number of ether oxygens (including phenoxy) is 2. The van der Waals surface area contributed by atoms with Crippen molar-refractivity contribution < 1.29 is 14.3 Å². The lowest BCUT2D eigenvalue weighted by atomic mass is 10.1. The van der Waals surface area contributed by atoms with Crippen LogP contribution in [0.4, 0.5) is 0 Å². The Labute approximate surface area is 107 Å². The van der Waals surface area contributed by atoms with Crippen LogP contribution < -0.4 is 9.47 Å². The van der Waals surface area contributed by atoms with E-state index in [1.165, 1.54) is 0 Å². The number of rotatable bonds is 2. The predicted octanol–water partition coefficient (Wildman–Crippen LogP) is 3.08. The Morgan fingerprint density at radius 2 is 1.94 bits per heavy atom. The molecule has 16 heavy (non-hydrogen) atoms. The Kier molecular flexibility index (Phi) is 3.71. The standard InChI is InChI=1S/C11H10BrClO3/c12-6-9(14)7-4-10-11(5-8(7)13)16-3-1-2-15-10/h4-5H,1-3,6H2. The second-order valence-electron chi connectivity index (χ2n) is 3.39. The van der Waals surface area contributed by atoms with E-state index < -0.39 is 0 Å². The molecule has 0 radical (unpaired) electrons. The molecule has 86 valence electrons. The molecule has 0 aromatic heterocycles. The van der Waals surface area contributed by atoms with Crippen LogP contribution in [-0.4, -0.2) is 24.3 Å². The fourth-order valence-electron chi connectivity index (χ4n) is 1.47. The molecule has 3 nitrogen and oxygen atoms in total. The van der Waals surface area contributed by atoms with Gasteiger partial charge in [-0.3, -0.25) is 4.79 Å². The van der Waals surface area contributed by atoms with Gasteiger partial charge in [-0.25, -0.2) is 0 Å². The molecule has 0 aliphatic carbocycles. The van der Waals surface area contributed by atoms with Crippen LogP contribution >= 0.6 is 27.5 Å². The van der Waals surface area contributed by atoms with Crippen LogP contribution in [0.25, 0.3) is 0 Å². The van der Waals surface area contributed by atoms with Crippen molar-refractivity contribution in [3.05, 3.63) is 22.7 Å². The van der Waals surface area contributed by atoms with Crippen molar-refractivity contribution >= 4 is 33.3 Å². The average Bonchev–Trinajstić information content (AvgIpc) is 2.51.